The molecule has 30 heavy (non-hydrogen) atoms. The molecule has 162 valence electrons. The van der Waals surface area contributed by atoms with Crippen molar-refractivity contribution in [2.45, 2.75) is 25.8 Å². The molecule has 0 spiro atoms. The molecule has 0 unspecified atom stereocenters. The molecule has 0 amide bonds. The van der Waals surface area contributed by atoms with Crippen LogP contribution in [0.3, 0.4) is 0 Å². The van der Waals surface area contributed by atoms with Crippen molar-refractivity contribution >= 4 is 41.4 Å². The number of benzene rings is 1. The number of nitrogens with two attached hydrogens (primary N) is 1. The summed E-state index contributed by atoms with van der Waals surface area (Å²) in [6.45, 7) is 6.03. The van der Waals surface area contributed by atoms with Crippen LogP contribution in [0.25, 0.3) is 0 Å². The number of hydrogen-bond acceptors (Lipinski definition) is 4. The van der Waals surface area contributed by atoms with Crippen LogP contribution in [0.2, 0.25) is 0 Å². The number of anilines is 2. The molecule has 0 atom stereocenters. The first-order valence-corrected chi connectivity index (χ1v) is 10.4. The summed E-state index contributed by atoms with van der Waals surface area (Å²) in [6.07, 6.45) is 5.65. The Hall–Kier alpha value is -2.10. The molecule has 8 heteroatoms. The number of pyridine rings is 1. The smallest absolute Gasteiger partial charge is 0.191 e. The van der Waals surface area contributed by atoms with Gasteiger partial charge in [0.25, 0.3) is 0 Å². The number of rotatable bonds is 4. The Morgan fingerprint density at radius 1 is 0.933 bits per heavy atom. The van der Waals surface area contributed by atoms with Gasteiger partial charge in [0.05, 0.1) is 6.54 Å². The predicted molar refractivity (Wildman–Crippen MR) is 131 cm³/mol. The fourth-order valence-corrected chi connectivity index (χ4v) is 3.97. The summed E-state index contributed by atoms with van der Waals surface area (Å²) in [4.78, 5) is 15.9. The van der Waals surface area contributed by atoms with E-state index < -0.39 is 0 Å². The molecule has 1 aromatic carbocycles. The van der Waals surface area contributed by atoms with Crippen molar-refractivity contribution in [2.75, 3.05) is 49.1 Å². The number of hydrogen-bond donors (Lipinski definition) is 1. The Balaban J connectivity index is 0.00000256. The van der Waals surface area contributed by atoms with Crippen LogP contribution in [0, 0.1) is 5.82 Å². The molecule has 0 aliphatic carbocycles. The monoisotopic (exact) mass is 524 g/mol. The van der Waals surface area contributed by atoms with Crippen LogP contribution in [0.15, 0.2) is 47.6 Å². The second-order valence-electron chi connectivity index (χ2n) is 7.69. The Labute approximate surface area is 195 Å². The first-order valence-electron chi connectivity index (χ1n) is 10.4. The van der Waals surface area contributed by atoms with E-state index in [9.17, 15) is 4.39 Å². The molecule has 2 fully saturated rings. The largest absolute Gasteiger partial charge is 0.370 e. The van der Waals surface area contributed by atoms with Crippen molar-refractivity contribution in [3.05, 3.63) is 54.0 Å². The molecule has 4 rings (SSSR count). The van der Waals surface area contributed by atoms with Crippen molar-refractivity contribution in [3.8, 4) is 0 Å². The highest BCUT2D eigenvalue weighted by Gasteiger charge is 2.18. The Morgan fingerprint density at radius 2 is 1.63 bits per heavy atom. The molecule has 2 saturated heterocycles. The lowest BCUT2D eigenvalue weighted by atomic mass is 10.1. The molecular weight excluding hydrogens is 494 g/mol. The predicted octanol–water partition coefficient (Wildman–Crippen LogP) is 3.47. The van der Waals surface area contributed by atoms with Crippen LogP contribution in [-0.4, -0.2) is 55.1 Å². The summed E-state index contributed by atoms with van der Waals surface area (Å²) in [5.41, 5.74) is 8.44. The van der Waals surface area contributed by atoms with Crippen molar-refractivity contribution in [1.82, 2.24) is 9.88 Å². The fourth-order valence-electron chi connectivity index (χ4n) is 3.97. The van der Waals surface area contributed by atoms with E-state index in [0.717, 1.165) is 56.3 Å². The zero-order valence-electron chi connectivity index (χ0n) is 17.2. The summed E-state index contributed by atoms with van der Waals surface area (Å²) in [5.74, 6) is 1.42. The van der Waals surface area contributed by atoms with Crippen molar-refractivity contribution in [2.24, 2.45) is 10.7 Å². The first kappa shape index (κ1) is 22.6. The Bertz CT molecular complexity index is 830. The number of aromatic nitrogens is 1. The van der Waals surface area contributed by atoms with E-state index in [4.69, 9.17) is 5.73 Å². The molecule has 0 bridgehead atoms. The zero-order chi connectivity index (χ0) is 20.1. The topological polar surface area (TPSA) is 61.0 Å². The maximum Gasteiger partial charge on any atom is 0.191 e. The quantitative estimate of drug-likeness (QED) is 0.377. The Morgan fingerprint density at radius 3 is 2.33 bits per heavy atom. The van der Waals surface area contributed by atoms with Gasteiger partial charge in [0.15, 0.2) is 5.96 Å². The number of aliphatic imine (C=N–C) groups is 1. The molecule has 0 radical (unpaired) electrons. The van der Waals surface area contributed by atoms with E-state index in [1.165, 1.54) is 31.4 Å². The summed E-state index contributed by atoms with van der Waals surface area (Å²) in [5, 5.41) is 0. The third-order valence-electron chi connectivity index (χ3n) is 5.71. The van der Waals surface area contributed by atoms with E-state index >= 15 is 0 Å². The van der Waals surface area contributed by atoms with E-state index in [1.54, 1.807) is 0 Å². The number of nitrogens with zero attached hydrogens (tertiary/aromatic N) is 5. The molecule has 2 N–H and O–H groups in total. The van der Waals surface area contributed by atoms with Crippen LogP contribution >= 0.6 is 24.0 Å². The van der Waals surface area contributed by atoms with Crippen LogP contribution in [0.1, 0.15) is 24.8 Å². The van der Waals surface area contributed by atoms with E-state index in [2.05, 4.69) is 30.7 Å². The standard InChI is InChI=1S/C22H29FN6.HI/c23-19-4-6-20(7-5-19)27-12-14-29(15-13-27)22(24)26-17-18-8-9-25-21(16-18)28-10-2-1-3-11-28;/h4-9,16H,1-3,10-15,17H2,(H2,24,26);1H. The van der Waals surface area contributed by atoms with Crippen LogP contribution in [-0.2, 0) is 6.54 Å². The van der Waals surface area contributed by atoms with Crippen molar-refractivity contribution in [1.29, 1.82) is 0 Å². The summed E-state index contributed by atoms with van der Waals surface area (Å²) in [7, 11) is 0. The second kappa shape index (κ2) is 10.8. The van der Waals surface area contributed by atoms with Gasteiger partial charge in [-0.25, -0.2) is 14.4 Å². The minimum atomic E-state index is -0.205. The maximum absolute atomic E-state index is 13.1. The summed E-state index contributed by atoms with van der Waals surface area (Å²) >= 11 is 0. The minimum Gasteiger partial charge on any atom is -0.370 e. The SMILES string of the molecule is I.NC(=NCc1ccnc(N2CCCCC2)c1)N1CCN(c2ccc(F)cc2)CC1. The normalized spacial score (nSPS) is 17.6. The first-order chi connectivity index (χ1) is 14.2. The Kier molecular flexibility index (Phi) is 8.12. The highest BCUT2D eigenvalue weighted by Crippen LogP contribution is 2.19. The number of halogens is 2. The number of piperazine rings is 1. The molecule has 1 aromatic heterocycles. The van der Waals surface area contributed by atoms with Crippen molar-refractivity contribution < 1.29 is 4.39 Å². The molecule has 2 aromatic rings. The highest BCUT2D eigenvalue weighted by atomic mass is 127. The molecular formula is C22H30FIN6. The van der Waals surface area contributed by atoms with Gasteiger partial charge in [-0.3, -0.25) is 0 Å². The lowest BCUT2D eigenvalue weighted by molar-refractivity contribution is 0.380. The van der Waals surface area contributed by atoms with E-state index in [-0.39, 0.29) is 29.8 Å². The molecule has 6 nitrogen and oxygen atoms in total. The van der Waals surface area contributed by atoms with Gasteiger partial charge in [0, 0.05) is 51.2 Å². The molecule has 2 aliphatic rings. The van der Waals surface area contributed by atoms with Crippen molar-refractivity contribution in [3.63, 3.8) is 0 Å². The highest BCUT2D eigenvalue weighted by molar-refractivity contribution is 14.0. The third kappa shape index (κ3) is 5.74. The molecule has 2 aliphatic heterocycles. The van der Waals surface area contributed by atoms with Gasteiger partial charge in [-0.05, 0) is 61.2 Å². The van der Waals surface area contributed by atoms with E-state index in [1.807, 2.05) is 24.4 Å². The number of guanidine groups is 1. The fraction of sp³-hybridized carbons (Fsp3) is 0.455. The lowest BCUT2D eigenvalue weighted by Crippen LogP contribution is -2.51. The van der Waals surface area contributed by atoms with Gasteiger partial charge >= 0.3 is 0 Å². The zero-order valence-corrected chi connectivity index (χ0v) is 19.5. The number of piperidine rings is 1. The van der Waals surface area contributed by atoms with Gasteiger partial charge in [0.2, 0.25) is 0 Å². The average Bonchev–Trinajstić information content (AvgIpc) is 2.79. The van der Waals surface area contributed by atoms with Gasteiger partial charge in [-0.1, -0.05) is 0 Å². The van der Waals surface area contributed by atoms with Crippen LogP contribution in [0.5, 0.6) is 0 Å². The maximum atomic E-state index is 13.1. The van der Waals surface area contributed by atoms with Gasteiger partial charge < -0.3 is 20.4 Å². The lowest BCUT2D eigenvalue weighted by Gasteiger charge is -2.36. The van der Waals surface area contributed by atoms with Gasteiger partial charge in [-0.15, -0.1) is 24.0 Å². The minimum absolute atomic E-state index is 0. The summed E-state index contributed by atoms with van der Waals surface area (Å²) < 4.78 is 13.1. The van der Waals surface area contributed by atoms with E-state index in [0.29, 0.717) is 12.5 Å². The average molecular weight is 524 g/mol. The van der Waals surface area contributed by atoms with Gasteiger partial charge in [-0.2, -0.15) is 0 Å². The molecule has 3 heterocycles. The van der Waals surface area contributed by atoms with Crippen LogP contribution in [0.4, 0.5) is 15.9 Å². The summed E-state index contributed by atoms with van der Waals surface area (Å²) in [6, 6.07) is 10.8. The van der Waals surface area contributed by atoms with Crippen LogP contribution < -0.4 is 15.5 Å². The molecule has 0 saturated carbocycles. The third-order valence-corrected chi connectivity index (χ3v) is 5.71. The van der Waals surface area contributed by atoms with Gasteiger partial charge in [0.1, 0.15) is 11.6 Å². The second-order valence-corrected chi connectivity index (χ2v) is 7.69.